The van der Waals surface area contributed by atoms with Crippen LogP contribution in [0.2, 0.25) is 0 Å². The third-order valence-electron chi connectivity index (χ3n) is 2.88. The molecular weight excluding hydrogens is 262 g/mol. The normalized spacial score (nSPS) is 13.1. The van der Waals surface area contributed by atoms with Crippen molar-refractivity contribution < 1.29 is 24.6 Å². The van der Waals surface area contributed by atoms with Gasteiger partial charge in [-0.1, -0.05) is 30.3 Å². The lowest BCUT2D eigenvalue weighted by Gasteiger charge is -2.15. The zero-order valence-electron chi connectivity index (χ0n) is 11.1. The van der Waals surface area contributed by atoms with Crippen LogP contribution in [0.3, 0.4) is 0 Å². The van der Waals surface area contributed by atoms with Crippen LogP contribution in [0.5, 0.6) is 0 Å². The average Bonchev–Trinajstić information content (AvgIpc) is 2.43. The maximum Gasteiger partial charge on any atom is 0.331 e. The van der Waals surface area contributed by atoms with Crippen molar-refractivity contribution in [2.75, 3.05) is 0 Å². The second kappa shape index (κ2) is 6.51. The lowest BCUT2D eigenvalue weighted by molar-refractivity contribution is -0.141. The van der Waals surface area contributed by atoms with Crippen LogP contribution in [0, 0.1) is 0 Å². The number of hydrogen-bond donors (Lipinski definition) is 3. The van der Waals surface area contributed by atoms with E-state index in [0.717, 1.165) is 0 Å². The largest absolute Gasteiger partial charge is 0.479 e. The number of carbonyl (C=O) groups is 3. The van der Waals surface area contributed by atoms with E-state index in [9.17, 15) is 14.4 Å². The minimum atomic E-state index is -1.22. The van der Waals surface area contributed by atoms with Crippen LogP contribution in [-0.2, 0) is 14.4 Å². The summed E-state index contributed by atoms with van der Waals surface area (Å²) in [5, 5.41) is 20.3. The van der Waals surface area contributed by atoms with E-state index in [-0.39, 0.29) is 11.1 Å². The van der Waals surface area contributed by atoms with Crippen LogP contribution in [0.4, 0.5) is 0 Å². The first kappa shape index (κ1) is 15.4. The maximum absolute atomic E-state index is 11.9. The third-order valence-corrected chi connectivity index (χ3v) is 2.88. The van der Waals surface area contributed by atoms with Gasteiger partial charge in [-0.05, 0) is 19.4 Å². The van der Waals surface area contributed by atoms with Crippen LogP contribution < -0.4 is 5.32 Å². The first-order valence-electron chi connectivity index (χ1n) is 5.84. The minimum Gasteiger partial charge on any atom is -0.479 e. The highest BCUT2D eigenvalue weighted by Crippen LogP contribution is 2.14. The van der Waals surface area contributed by atoms with Gasteiger partial charge in [-0.2, -0.15) is 0 Å². The fourth-order valence-electron chi connectivity index (χ4n) is 1.50. The SMILES string of the molecule is CC(C(=O)O)=C(C)C(=O)NC(C(=O)O)c1ccccc1. The van der Waals surface area contributed by atoms with Crippen LogP contribution in [0.1, 0.15) is 25.5 Å². The molecule has 0 bridgehead atoms. The van der Waals surface area contributed by atoms with Crippen molar-refractivity contribution >= 4 is 17.8 Å². The molecular formula is C14H15NO5. The van der Waals surface area contributed by atoms with Gasteiger partial charge in [-0.25, -0.2) is 9.59 Å². The lowest BCUT2D eigenvalue weighted by atomic mass is 10.1. The van der Waals surface area contributed by atoms with Crippen LogP contribution in [0.15, 0.2) is 41.5 Å². The summed E-state index contributed by atoms with van der Waals surface area (Å²) in [6, 6.07) is 6.96. The second-order valence-electron chi connectivity index (χ2n) is 4.21. The predicted octanol–water partition coefficient (Wildman–Crippen LogP) is 1.35. The van der Waals surface area contributed by atoms with Gasteiger partial charge in [-0.15, -0.1) is 0 Å². The highest BCUT2D eigenvalue weighted by atomic mass is 16.4. The van der Waals surface area contributed by atoms with Crippen molar-refractivity contribution in [2.24, 2.45) is 0 Å². The molecule has 3 N–H and O–H groups in total. The first-order chi connectivity index (χ1) is 9.34. The zero-order valence-corrected chi connectivity index (χ0v) is 11.1. The second-order valence-corrected chi connectivity index (χ2v) is 4.21. The number of aliphatic carboxylic acids is 2. The van der Waals surface area contributed by atoms with Gasteiger partial charge in [0.25, 0.3) is 0 Å². The molecule has 0 aliphatic rings. The van der Waals surface area contributed by atoms with Crippen LogP contribution in [0.25, 0.3) is 0 Å². The average molecular weight is 277 g/mol. The monoisotopic (exact) mass is 277 g/mol. The molecule has 0 aromatic heterocycles. The minimum absolute atomic E-state index is 0.0281. The van der Waals surface area contributed by atoms with E-state index >= 15 is 0 Å². The molecule has 1 aromatic carbocycles. The Morgan fingerprint density at radius 3 is 2.00 bits per heavy atom. The Morgan fingerprint density at radius 2 is 1.55 bits per heavy atom. The van der Waals surface area contributed by atoms with E-state index < -0.39 is 23.9 Å². The molecule has 0 saturated carbocycles. The Balaban J connectivity index is 2.99. The molecule has 0 fully saturated rings. The van der Waals surface area contributed by atoms with E-state index in [0.29, 0.717) is 5.56 Å². The topological polar surface area (TPSA) is 104 Å². The van der Waals surface area contributed by atoms with Gasteiger partial charge in [-0.3, -0.25) is 4.79 Å². The molecule has 1 aromatic rings. The van der Waals surface area contributed by atoms with Crippen molar-refractivity contribution in [1.29, 1.82) is 0 Å². The van der Waals surface area contributed by atoms with Gasteiger partial charge >= 0.3 is 11.9 Å². The summed E-state index contributed by atoms with van der Waals surface area (Å²) in [4.78, 5) is 33.9. The van der Waals surface area contributed by atoms with E-state index in [1.165, 1.54) is 13.8 Å². The Morgan fingerprint density at radius 1 is 1.00 bits per heavy atom. The number of carboxylic acid groups (broad SMARTS) is 2. The summed E-state index contributed by atoms with van der Waals surface area (Å²) in [5.74, 6) is -3.16. The van der Waals surface area contributed by atoms with Crippen molar-refractivity contribution in [3.05, 3.63) is 47.0 Å². The number of hydrogen-bond acceptors (Lipinski definition) is 3. The van der Waals surface area contributed by atoms with Crippen LogP contribution in [-0.4, -0.2) is 28.1 Å². The molecule has 6 nitrogen and oxygen atoms in total. The maximum atomic E-state index is 11.9. The van der Waals surface area contributed by atoms with Crippen LogP contribution >= 0.6 is 0 Å². The third kappa shape index (κ3) is 3.68. The number of carbonyl (C=O) groups excluding carboxylic acids is 1. The molecule has 0 aliphatic carbocycles. The lowest BCUT2D eigenvalue weighted by Crippen LogP contribution is -2.34. The Bertz CT molecular complexity index is 562. The fourth-order valence-corrected chi connectivity index (χ4v) is 1.50. The molecule has 1 rings (SSSR count). The molecule has 1 atom stereocenters. The quantitative estimate of drug-likeness (QED) is 0.705. The summed E-state index contributed by atoms with van der Waals surface area (Å²) in [6.07, 6.45) is 0. The molecule has 0 saturated heterocycles. The summed E-state index contributed by atoms with van der Waals surface area (Å²) >= 11 is 0. The first-order valence-corrected chi connectivity index (χ1v) is 5.84. The van der Waals surface area contributed by atoms with Crippen molar-refractivity contribution in [3.63, 3.8) is 0 Å². The highest BCUT2D eigenvalue weighted by Gasteiger charge is 2.23. The molecule has 0 heterocycles. The number of rotatable bonds is 5. The van der Waals surface area contributed by atoms with Gasteiger partial charge < -0.3 is 15.5 Å². The molecule has 0 radical (unpaired) electrons. The molecule has 6 heteroatoms. The van der Waals surface area contributed by atoms with Gasteiger partial charge in [0, 0.05) is 11.1 Å². The highest BCUT2D eigenvalue weighted by molar-refractivity contribution is 6.02. The Labute approximate surface area is 115 Å². The van der Waals surface area contributed by atoms with Gasteiger partial charge in [0.2, 0.25) is 5.91 Å². The number of benzene rings is 1. The fraction of sp³-hybridized carbons (Fsp3) is 0.214. The van der Waals surface area contributed by atoms with E-state index in [1.54, 1.807) is 30.3 Å². The van der Waals surface area contributed by atoms with E-state index in [2.05, 4.69) is 5.32 Å². The molecule has 20 heavy (non-hydrogen) atoms. The Hall–Kier alpha value is -2.63. The van der Waals surface area contributed by atoms with Crippen molar-refractivity contribution in [2.45, 2.75) is 19.9 Å². The zero-order chi connectivity index (χ0) is 15.3. The Kier molecular flexibility index (Phi) is 5.02. The molecule has 1 unspecified atom stereocenters. The number of carboxylic acids is 2. The van der Waals surface area contributed by atoms with E-state index in [1.807, 2.05) is 0 Å². The summed E-state index contributed by atoms with van der Waals surface area (Å²) in [6.45, 7) is 2.62. The van der Waals surface area contributed by atoms with Crippen molar-refractivity contribution in [1.82, 2.24) is 5.32 Å². The number of nitrogens with one attached hydrogen (secondary N) is 1. The molecule has 0 aliphatic heterocycles. The van der Waals surface area contributed by atoms with Gasteiger partial charge in [0.15, 0.2) is 6.04 Å². The molecule has 0 spiro atoms. The van der Waals surface area contributed by atoms with E-state index in [4.69, 9.17) is 10.2 Å². The predicted molar refractivity (Wildman–Crippen MR) is 71.0 cm³/mol. The summed E-state index contributed by atoms with van der Waals surface area (Å²) in [5.41, 5.74) is 0.258. The van der Waals surface area contributed by atoms with Gasteiger partial charge in [0.1, 0.15) is 0 Å². The summed E-state index contributed by atoms with van der Waals surface area (Å²) < 4.78 is 0. The molecule has 1 amide bonds. The van der Waals surface area contributed by atoms with Crippen molar-refractivity contribution in [3.8, 4) is 0 Å². The standard InChI is InChI=1S/C14H15NO5/c1-8(9(2)13(17)18)12(16)15-11(14(19)20)10-6-4-3-5-7-10/h3-7,11H,1-2H3,(H,15,16)(H,17,18)(H,19,20). The summed E-state index contributed by atoms with van der Waals surface area (Å²) in [7, 11) is 0. The smallest absolute Gasteiger partial charge is 0.331 e. The molecule has 106 valence electrons. The van der Waals surface area contributed by atoms with Gasteiger partial charge in [0.05, 0.1) is 0 Å². The number of amides is 1.